The van der Waals surface area contributed by atoms with Gasteiger partial charge in [0.2, 0.25) is 5.91 Å². The summed E-state index contributed by atoms with van der Waals surface area (Å²) < 4.78 is 0. The smallest absolute Gasteiger partial charge is 0.259 e. The molecule has 0 saturated carbocycles. The van der Waals surface area contributed by atoms with Gasteiger partial charge in [0.05, 0.1) is 18.2 Å². The average molecular weight is 428 g/mol. The van der Waals surface area contributed by atoms with Crippen LogP contribution < -0.4 is 10.7 Å². The molecule has 3 aromatic rings. The van der Waals surface area contributed by atoms with Gasteiger partial charge in [-0.05, 0) is 35.1 Å². The molecule has 0 aromatic heterocycles. The Morgan fingerprint density at radius 1 is 0.781 bits per heavy atom. The van der Waals surface area contributed by atoms with E-state index in [-0.39, 0.29) is 18.4 Å². The highest BCUT2D eigenvalue weighted by Crippen LogP contribution is 2.24. The summed E-state index contributed by atoms with van der Waals surface area (Å²) >= 11 is 0. The molecule has 0 unspecified atom stereocenters. The van der Waals surface area contributed by atoms with E-state index in [0.29, 0.717) is 11.6 Å². The number of carbonyl (C=O) groups excluding carboxylic acids is 2. The molecule has 3 rings (SSSR count). The number of benzene rings is 3. The van der Waals surface area contributed by atoms with Crippen molar-refractivity contribution in [1.82, 2.24) is 10.7 Å². The number of nitrogens with one attached hydrogen (secondary N) is 2. The van der Waals surface area contributed by atoms with Gasteiger partial charge >= 0.3 is 0 Å². The van der Waals surface area contributed by atoms with Crippen molar-refractivity contribution in [3.05, 3.63) is 107 Å². The topological polar surface area (TPSA) is 70.6 Å². The first-order valence-electron chi connectivity index (χ1n) is 10.8. The van der Waals surface area contributed by atoms with Gasteiger partial charge in [-0.2, -0.15) is 5.10 Å². The van der Waals surface area contributed by atoms with Crippen LogP contribution in [0.25, 0.3) is 0 Å². The second-order valence-corrected chi connectivity index (χ2v) is 7.98. The summed E-state index contributed by atoms with van der Waals surface area (Å²) in [5.41, 5.74) is 7.15. The predicted octanol–water partition coefficient (Wildman–Crippen LogP) is 4.60. The standard InChI is InChI=1S/C27H29N3O2/c1-19(2)21-14-16-22(17-15-21)20(3)29-30-25(31)18-28-27(32)26(23-10-6-4-7-11-23)24-12-8-5-9-13-24/h4-17,19,26H,18H2,1-3H3,(H,28,32)(H,30,31). The van der Waals surface area contributed by atoms with Gasteiger partial charge in [-0.1, -0.05) is 98.8 Å². The van der Waals surface area contributed by atoms with Gasteiger partial charge in [-0.15, -0.1) is 0 Å². The lowest BCUT2D eigenvalue weighted by Gasteiger charge is -2.17. The maximum Gasteiger partial charge on any atom is 0.259 e. The third kappa shape index (κ3) is 6.14. The molecule has 0 heterocycles. The Balaban J connectivity index is 1.61. The molecule has 0 fully saturated rings. The third-order valence-corrected chi connectivity index (χ3v) is 5.29. The van der Waals surface area contributed by atoms with Crippen LogP contribution >= 0.6 is 0 Å². The first-order chi connectivity index (χ1) is 15.5. The zero-order chi connectivity index (χ0) is 22.9. The minimum absolute atomic E-state index is 0.155. The molecule has 0 aliphatic heterocycles. The summed E-state index contributed by atoms with van der Waals surface area (Å²) in [5, 5.41) is 6.92. The Morgan fingerprint density at radius 2 is 1.31 bits per heavy atom. The highest BCUT2D eigenvalue weighted by Gasteiger charge is 2.22. The fourth-order valence-electron chi connectivity index (χ4n) is 3.42. The van der Waals surface area contributed by atoms with E-state index >= 15 is 0 Å². The molecule has 0 aliphatic carbocycles. The van der Waals surface area contributed by atoms with E-state index < -0.39 is 5.92 Å². The van der Waals surface area contributed by atoms with Crippen LogP contribution in [0.1, 0.15) is 54.9 Å². The number of nitrogens with zero attached hydrogens (tertiary/aromatic N) is 1. The van der Waals surface area contributed by atoms with E-state index in [1.165, 1.54) is 5.56 Å². The van der Waals surface area contributed by atoms with Gasteiger partial charge in [0.1, 0.15) is 0 Å². The SMILES string of the molecule is CC(=NNC(=O)CNC(=O)C(c1ccccc1)c1ccccc1)c1ccc(C(C)C)cc1. The molecule has 0 spiro atoms. The summed E-state index contributed by atoms with van der Waals surface area (Å²) in [6.45, 7) is 5.97. The quantitative estimate of drug-likeness (QED) is 0.407. The summed E-state index contributed by atoms with van der Waals surface area (Å²) in [6.07, 6.45) is 0. The number of hydrogen-bond acceptors (Lipinski definition) is 3. The van der Waals surface area contributed by atoms with Gasteiger partial charge in [0.25, 0.3) is 5.91 Å². The third-order valence-electron chi connectivity index (χ3n) is 5.29. The van der Waals surface area contributed by atoms with Crippen molar-refractivity contribution in [2.75, 3.05) is 6.54 Å². The van der Waals surface area contributed by atoms with Crippen molar-refractivity contribution in [2.45, 2.75) is 32.6 Å². The number of hydrazone groups is 1. The van der Waals surface area contributed by atoms with Crippen LogP contribution in [0, 0.1) is 0 Å². The monoisotopic (exact) mass is 427 g/mol. The van der Waals surface area contributed by atoms with Gasteiger partial charge in [0, 0.05) is 0 Å². The van der Waals surface area contributed by atoms with E-state index in [1.807, 2.05) is 79.7 Å². The second kappa shape index (κ2) is 11.0. The van der Waals surface area contributed by atoms with E-state index in [2.05, 4.69) is 41.8 Å². The van der Waals surface area contributed by atoms with Crippen LogP contribution in [0.15, 0.2) is 90.0 Å². The Morgan fingerprint density at radius 3 is 1.81 bits per heavy atom. The molecular weight excluding hydrogens is 398 g/mol. The van der Waals surface area contributed by atoms with Crippen LogP contribution in [-0.2, 0) is 9.59 Å². The van der Waals surface area contributed by atoms with E-state index in [9.17, 15) is 9.59 Å². The zero-order valence-electron chi connectivity index (χ0n) is 18.7. The lowest BCUT2D eigenvalue weighted by Crippen LogP contribution is -2.38. The van der Waals surface area contributed by atoms with E-state index in [4.69, 9.17) is 0 Å². The van der Waals surface area contributed by atoms with Gasteiger partial charge < -0.3 is 5.32 Å². The van der Waals surface area contributed by atoms with Crippen molar-refractivity contribution in [1.29, 1.82) is 0 Å². The summed E-state index contributed by atoms with van der Waals surface area (Å²) in [5.74, 6) is -0.644. The fraction of sp³-hybridized carbons (Fsp3) is 0.222. The zero-order valence-corrected chi connectivity index (χ0v) is 18.7. The van der Waals surface area contributed by atoms with Crippen molar-refractivity contribution in [3.63, 3.8) is 0 Å². The maximum atomic E-state index is 13.0. The van der Waals surface area contributed by atoms with Crippen LogP contribution in [0.3, 0.4) is 0 Å². The molecule has 3 aromatic carbocycles. The van der Waals surface area contributed by atoms with Crippen LogP contribution in [0.4, 0.5) is 0 Å². The van der Waals surface area contributed by atoms with Crippen molar-refractivity contribution in [3.8, 4) is 0 Å². The average Bonchev–Trinajstić information content (AvgIpc) is 2.82. The number of hydrogen-bond donors (Lipinski definition) is 2. The number of carbonyl (C=O) groups is 2. The molecule has 32 heavy (non-hydrogen) atoms. The lowest BCUT2D eigenvalue weighted by atomic mass is 9.90. The molecular formula is C27H29N3O2. The molecule has 164 valence electrons. The fourth-order valence-corrected chi connectivity index (χ4v) is 3.42. The Kier molecular flexibility index (Phi) is 7.92. The normalized spacial score (nSPS) is 11.5. The van der Waals surface area contributed by atoms with Gasteiger partial charge in [-0.3, -0.25) is 9.59 Å². The minimum Gasteiger partial charge on any atom is -0.346 e. The van der Waals surface area contributed by atoms with Crippen LogP contribution in [0.2, 0.25) is 0 Å². The molecule has 0 saturated heterocycles. The maximum absolute atomic E-state index is 13.0. The minimum atomic E-state index is -0.491. The first-order valence-corrected chi connectivity index (χ1v) is 10.8. The van der Waals surface area contributed by atoms with Crippen molar-refractivity contribution in [2.24, 2.45) is 5.10 Å². The van der Waals surface area contributed by atoms with E-state index in [0.717, 1.165) is 16.7 Å². The van der Waals surface area contributed by atoms with Gasteiger partial charge in [-0.25, -0.2) is 5.43 Å². The second-order valence-electron chi connectivity index (χ2n) is 7.98. The molecule has 2 N–H and O–H groups in total. The summed E-state index contributed by atoms with van der Waals surface area (Å²) in [7, 11) is 0. The summed E-state index contributed by atoms with van der Waals surface area (Å²) in [4.78, 5) is 25.3. The molecule has 0 aliphatic rings. The summed E-state index contributed by atoms with van der Waals surface area (Å²) in [6, 6.07) is 27.2. The largest absolute Gasteiger partial charge is 0.346 e. The van der Waals surface area contributed by atoms with Crippen molar-refractivity contribution < 1.29 is 9.59 Å². The number of rotatable bonds is 8. The molecule has 0 radical (unpaired) electrons. The Bertz CT molecular complexity index is 1020. The molecule has 2 amide bonds. The molecule has 5 heteroatoms. The predicted molar refractivity (Wildman–Crippen MR) is 129 cm³/mol. The first kappa shape index (κ1) is 22.9. The molecule has 0 bridgehead atoms. The van der Waals surface area contributed by atoms with Gasteiger partial charge in [0.15, 0.2) is 0 Å². The van der Waals surface area contributed by atoms with E-state index in [1.54, 1.807) is 0 Å². The Hall–Kier alpha value is -3.73. The van der Waals surface area contributed by atoms with Crippen LogP contribution in [0.5, 0.6) is 0 Å². The number of amides is 2. The lowest BCUT2D eigenvalue weighted by molar-refractivity contribution is -0.126. The highest BCUT2D eigenvalue weighted by atomic mass is 16.2. The molecule has 5 nitrogen and oxygen atoms in total. The molecule has 0 atom stereocenters. The van der Waals surface area contributed by atoms with Crippen LogP contribution in [-0.4, -0.2) is 24.1 Å². The van der Waals surface area contributed by atoms with Crippen molar-refractivity contribution >= 4 is 17.5 Å². The highest BCUT2D eigenvalue weighted by molar-refractivity contribution is 5.99. The Labute approximate surface area is 189 Å².